The van der Waals surface area contributed by atoms with Crippen molar-refractivity contribution in [3.8, 4) is 11.3 Å². The van der Waals surface area contributed by atoms with E-state index in [-0.39, 0.29) is 0 Å². The van der Waals surface area contributed by atoms with E-state index in [1.165, 1.54) is 16.7 Å². The van der Waals surface area contributed by atoms with Crippen molar-refractivity contribution in [1.82, 2.24) is 14.4 Å². The maximum atomic E-state index is 4.95. The molecule has 3 heteroatoms. The molecular formula is C18H13N3. The molecule has 0 spiro atoms. The highest BCUT2D eigenvalue weighted by molar-refractivity contribution is 5.83. The first-order valence-corrected chi connectivity index (χ1v) is 7.25. The Labute approximate surface area is 121 Å². The molecule has 0 radical (unpaired) electrons. The molecule has 21 heavy (non-hydrogen) atoms. The van der Waals surface area contributed by atoms with Crippen LogP contribution in [0.1, 0.15) is 11.1 Å². The Hall–Kier alpha value is -2.68. The first-order chi connectivity index (χ1) is 10.4. The molecule has 0 fully saturated rings. The molecule has 3 aromatic heterocycles. The van der Waals surface area contributed by atoms with Crippen LogP contribution in [0.4, 0.5) is 0 Å². The minimum absolute atomic E-state index is 0.945. The van der Waals surface area contributed by atoms with Crippen molar-refractivity contribution in [2.45, 2.75) is 12.8 Å². The summed E-state index contributed by atoms with van der Waals surface area (Å²) >= 11 is 0. The smallest absolute Gasteiger partial charge is 0.165 e. The van der Waals surface area contributed by atoms with E-state index in [0.29, 0.717) is 0 Å². The zero-order valence-corrected chi connectivity index (χ0v) is 11.5. The molecule has 4 aromatic rings. The lowest BCUT2D eigenvalue weighted by Gasteiger charge is -2.18. The van der Waals surface area contributed by atoms with E-state index in [9.17, 15) is 0 Å². The van der Waals surface area contributed by atoms with E-state index < -0.39 is 0 Å². The van der Waals surface area contributed by atoms with Crippen LogP contribution >= 0.6 is 0 Å². The Kier molecular flexibility index (Phi) is 2.06. The van der Waals surface area contributed by atoms with Gasteiger partial charge in [0.2, 0.25) is 0 Å². The van der Waals surface area contributed by atoms with Gasteiger partial charge in [0.15, 0.2) is 5.65 Å². The van der Waals surface area contributed by atoms with Crippen LogP contribution in [0.25, 0.3) is 28.1 Å². The highest BCUT2D eigenvalue weighted by Gasteiger charge is 2.19. The van der Waals surface area contributed by atoms with Gasteiger partial charge in [-0.25, -0.2) is 9.97 Å². The number of hydrogen-bond acceptors (Lipinski definition) is 2. The van der Waals surface area contributed by atoms with E-state index in [1.807, 2.05) is 24.4 Å². The molecule has 0 bridgehead atoms. The first-order valence-electron chi connectivity index (χ1n) is 7.25. The number of aromatic nitrogens is 3. The highest BCUT2D eigenvalue weighted by atomic mass is 15.1. The number of aryl methyl sites for hydroxylation is 2. The van der Waals surface area contributed by atoms with E-state index in [0.717, 1.165) is 35.3 Å². The second-order valence-corrected chi connectivity index (χ2v) is 5.54. The second kappa shape index (κ2) is 3.92. The average molecular weight is 271 g/mol. The van der Waals surface area contributed by atoms with Crippen molar-refractivity contribution in [3.63, 3.8) is 0 Å². The Morgan fingerprint density at radius 3 is 2.71 bits per heavy atom. The van der Waals surface area contributed by atoms with Gasteiger partial charge in [-0.2, -0.15) is 0 Å². The van der Waals surface area contributed by atoms with Crippen LogP contribution in [-0.4, -0.2) is 14.4 Å². The average Bonchev–Trinajstić information content (AvgIpc) is 2.90. The van der Waals surface area contributed by atoms with Gasteiger partial charge in [-0.15, -0.1) is 0 Å². The topological polar surface area (TPSA) is 30.2 Å². The highest BCUT2D eigenvalue weighted by Crippen LogP contribution is 2.33. The van der Waals surface area contributed by atoms with Crippen molar-refractivity contribution in [1.29, 1.82) is 0 Å². The lowest BCUT2D eigenvalue weighted by Crippen LogP contribution is -2.06. The second-order valence-electron chi connectivity index (χ2n) is 5.54. The van der Waals surface area contributed by atoms with Gasteiger partial charge in [-0.3, -0.25) is 4.40 Å². The van der Waals surface area contributed by atoms with Gasteiger partial charge < -0.3 is 0 Å². The van der Waals surface area contributed by atoms with Gasteiger partial charge in [0, 0.05) is 11.8 Å². The molecule has 1 aliphatic rings. The molecule has 0 N–H and O–H groups in total. The lowest BCUT2D eigenvalue weighted by molar-refractivity contribution is 0.931. The molecule has 1 aromatic carbocycles. The molecule has 5 rings (SSSR count). The molecule has 3 nitrogen and oxygen atoms in total. The number of rotatable bonds is 0. The molecule has 3 heterocycles. The summed E-state index contributed by atoms with van der Waals surface area (Å²) in [5.41, 5.74) is 7.98. The molecular weight excluding hydrogens is 258 g/mol. The molecule has 0 unspecified atom stereocenters. The predicted molar refractivity (Wildman–Crippen MR) is 83.3 cm³/mol. The summed E-state index contributed by atoms with van der Waals surface area (Å²) in [6.07, 6.45) is 4.16. The number of hydrogen-bond donors (Lipinski definition) is 0. The zero-order chi connectivity index (χ0) is 13.8. The number of benzene rings is 1. The fraction of sp³-hybridized carbons (Fsp3) is 0.111. The number of fused-ring (bicyclic) bond motifs is 6. The van der Waals surface area contributed by atoms with Crippen LogP contribution < -0.4 is 0 Å². The lowest BCUT2D eigenvalue weighted by atomic mass is 9.89. The van der Waals surface area contributed by atoms with E-state index in [4.69, 9.17) is 4.98 Å². The predicted octanol–water partition coefficient (Wildman–Crippen LogP) is 3.65. The normalized spacial score (nSPS) is 13.3. The van der Waals surface area contributed by atoms with Gasteiger partial charge in [-0.05, 0) is 42.2 Å². The van der Waals surface area contributed by atoms with Gasteiger partial charge in [0.1, 0.15) is 11.2 Å². The zero-order valence-electron chi connectivity index (χ0n) is 11.5. The summed E-state index contributed by atoms with van der Waals surface area (Å²) in [6.45, 7) is 0. The minimum Gasteiger partial charge on any atom is -0.284 e. The van der Waals surface area contributed by atoms with Crippen molar-refractivity contribution < 1.29 is 0 Å². The molecule has 0 aliphatic heterocycles. The van der Waals surface area contributed by atoms with Crippen molar-refractivity contribution in [2.75, 3.05) is 0 Å². The van der Waals surface area contributed by atoms with Gasteiger partial charge >= 0.3 is 0 Å². The summed E-state index contributed by atoms with van der Waals surface area (Å²) in [4.78, 5) is 9.63. The fourth-order valence-corrected chi connectivity index (χ4v) is 3.28. The fourth-order valence-electron chi connectivity index (χ4n) is 3.28. The largest absolute Gasteiger partial charge is 0.284 e. The maximum Gasteiger partial charge on any atom is 0.165 e. The van der Waals surface area contributed by atoms with Crippen molar-refractivity contribution in [3.05, 3.63) is 65.9 Å². The first kappa shape index (κ1) is 11.0. The van der Waals surface area contributed by atoms with Crippen LogP contribution in [0.2, 0.25) is 0 Å². The maximum absolute atomic E-state index is 4.95. The number of imidazole rings is 1. The van der Waals surface area contributed by atoms with Gasteiger partial charge in [0.05, 0.1) is 5.69 Å². The van der Waals surface area contributed by atoms with Crippen LogP contribution in [0, 0.1) is 0 Å². The molecule has 0 amide bonds. The third-order valence-electron chi connectivity index (χ3n) is 4.30. The Balaban J connectivity index is 1.90. The van der Waals surface area contributed by atoms with Gasteiger partial charge in [-0.1, -0.05) is 30.3 Å². The Bertz CT molecular complexity index is 998. The third kappa shape index (κ3) is 1.49. The van der Waals surface area contributed by atoms with Gasteiger partial charge in [0.25, 0.3) is 0 Å². The van der Waals surface area contributed by atoms with E-state index >= 15 is 0 Å². The Morgan fingerprint density at radius 1 is 0.857 bits per heavy atom. The number of pyridine rings is 2. The molecule has 1 aliphatic carbocycles. The summed E-state index contributed by atoms with van der Waals surface area (Å²) in [5, 5.41) is 0. The summed E-state index contributed by atoms with van der Waals surface area (Å²) in [7, 11) is 0. The standard InChI is InChI=1S/C18H13N3/c1-2-6-14-12(5-1)8-9-13-11-15-18(20-17(13)14)21-10-4-3-7-16(21)19-15/h1-7,10-11H,8-9H2. The monoisotopic (exact) mass is 271 g/mol. The van der Waals surface area contributed by atoms with Crippen molar-refractivity contribution in [2.24, 2.45) is 0 Å². The summed E-state index contributed by atoms with van der Waals surface area (Å²) in [5.74, 6) is 0. The minimum atomic E-state index is 0.945. The van der Waals surface area contributed by atoms with Crippen molar-refractivity contribution >= 4 is 16.8 Å². The van der Waals surface area contributed by atoms with Crippen LogP contribution in [-0.2, 0) is 12.8 Å². The Morgan fingerprint density at radius 2 is 1.71 bits per heavy atom. The molecule has 0 atom stereocenters. The van der Waals surface area contributed by atoms with Crippen LogP contribution in [0.5, 0.6) is 0 Å². The third-order valence-corrected chi connectivity index (χ3v) is 4.30. The van der Waals surface area contributed by atoms with E-state index in [2.05, 4.69) is 39.7 Å². The summed E-state index contributed by atoms with van der Waals surface area (Å²) in [6, 6.07) is 16.8. The molecule has 100 valence electrons. The molecule has 0 saturated carbocycles. The quantitative estimate of drug-likeness (QED) is 0.488. The van der Waals surface area contributed by atoms with Crippen LogP contribution in [0.3, 0.4) is 0 Å². The molecule has 0 saturated heterocycles. The number of nitrogens with zero attached hydrogens (tertiary/aromatic N) is 3. The van der Waals surface area contributed by atoms with Crippen LogP contribution in [0.15, 0.2) is 54.7 Å². The van der Waals surface area contributed by atoms with E-state index in [1.54, 1.807) is 0 Å². The summed E-state index contributed by atoms with van der Waals surface area (Å²) < 4.78 is 2.06. The SMILES string of the molecule is c1ccc2c(c1)CCc1cc3nc4ccccn4c3nc1-2.